The number of aromatic nitrogens is 2. The molecule has 0 radical (unpaired) electrons. The highest BCUT2D eigenvalue weighted by Crippen LogP contribution is 2.34. The van der Waals surface area contributed by atoms with E-state index in [-0.39, 0.29) is 23.3 Å². The highest BCUT2D eigenvalue weighted by molar-refractivity contribution is 5.50. The Kier molecular flexibility index (Phi) is 4.14. The first kappa shape index (κ1) is 14.5. The number of non-ortho nitro benzene ring substituents is 1. The van der Waals surface area contributed by atoms with E-state index >= 15 is 0 Å². The molecule has 9 nitrogen and oxygen atoms in total. The molecule has 0 bridgehead atoms. The Labute approximate surface area is 119 Å². The highest BCUT2D eigenvalue weighted by Gasteiger charge is 2.14. The second-order valence-corrected chi connectivity index (χ2v) is 4.02. The van der Waals surface area contributed by atoms with Gasteiger partial charge in [0.05, 0.1) is 18.1 Å². The summed E-state index contributed by atoms with van der Waals surface area (Å²) >= 11 is 0. The molecule has 0 aliphatic carbocycles. The van der Waals surface area contributed by atoms with Crippen LogP contribution >= 0.6 is 0 Å². The number of nitrogens with zero attached hydrogens (tertiary/aromatic N) is 3. The van der Waals surface area contributed by atoms with Crippen molar-refractivity contribution in [3.63, 3.8) is 0 Å². The Morgan fingerprint density at radius 3 is 2.76 bits per heavy atom. The van der Waals surface area contributed by atoms with Gasteiger partial charge in [0.15, 0.2) is 11.5 Å². The second kappa shape index (κ2) is 6.01. The van der Waals surface area contributed by atoms with Gasteiger partial charge in [0.2, 0.25) is 11.8 Å². The molecule has 0 aliphatic heterocycles. The van der Waals surface area contributed by atoms with E-state index in [0.29, 0.717) is 11.3 Å². The molecule has 1 aromatic carbocycles. The van der Waals surface area contributed by atoms with E-state index in [1.165, 1.54) is 31.5 Å². The molecular formula is C12H13N5O4. The lowest BCUT2D eigenvalue weighted by atomic mass is 10.3. The second-order valence-electron chi connectivity index (χ2n) is 4.02. The monoisotopic (exact) mass is 291 g/mol. The van der Waals surface area contributed by atoms with Gasteiger partial charge < -0.3 is 9.47 Å². The third-order valence-corrected chi connectivity index (χ3v) is 2.62. The smallest absolute Gasteiger partial charge is 0.273 e. The Bertz CT molecular complexity index is 677. The predicted octanol–water partition coefficient (Wildman–Crippen LogP) is 1.78. The van der Waals surface area contributed by atoms with Gasteiger partial charge in [-0.25, -0.2) is 10.8 Å². The zero-order chi connectivity index (χ0) is 15.4. The van der Waals surface area contributed by atoms with Crippen molar-refractivity contribution >= 4 is 11.6 Å². The number of nitro benzene ring substituents is 1. The number of nitrogen functional groups attached to an aromatic ring is 1. The van der Waals surface area contributed by atoms with Crippen LogP contribution in [-0.2, 0) is 0 Å². The molecule has 1 heterocycles. The van der Waals surface area contributed by atoms with Crippen molar-refractivity contribution in [3.05, 3.63) is 40.1 Å². The van der Waals surface area contributed by atoms with Gasteiger partial charge in [0.25, 0.3) is 5.69 Å². The van der Waals surface area contributed by atoms with E-state index in [4.69, 9.17) is 15.3 Å². The van der Waals surface area contributed by atoms with E-state index in [2.05, 4.69) is 15.4 Å². The van der Waals surface area contributed by atoms with Crippen molar-refractivity contribution in [2.45, 2.75) is 6.92 Å². The summed E-state index contributed by atoms with van der Waals surface area (Å²) < 4.78 is 10.7. The van der Waals surface area contributed by atoms with Gasteiger partial charge in [-0.1, -0.05) is 0 Å². The molecule has 9 heteroatoms. The first-order chi connectivity index (χ1) is 10.0. The molecule has 1 aromatic heterocycles. The van der Waals surface area contributed by atoms with Gasteiger partial charge >= 0.3 is 0 Å². The van der Waals surface area contributed by atoms with Crippen molar-refractivity contribution in [3.8, 4) is 17.4 Å². The fourth-order valence-electron chi connectivity index (χ4n) is 1.56. The number of ether oxygens (including phenoxy) is 2. The van der Waals surface area contributed by atoms with E-state index < -0.39 is 4.92 Å². The fraction of sp³-hybridized carbons (Fsp3) is 0.167. The number of hydrogen-bond acceptors (Lipinski definition) is 8. The molecule has 110 valence electrons. The zero-order valence-corrected chi connectivity index (χ0v) is 11.4. The average Bonchev–Trinajstić information content (AvgIpc) is 2.49. The van der Waals surface area contributed by atoms with Crippen LogP contribution in [0.5, 0.6) is 17.4 Å². The molecule has 0 saturated heterocycles. The molecule has 0 atom stereocenters. The number of nitrogens with two attached hydrogens (primary N) is 1. The SMILES string of the molecule is COc1cc([N+](=O)[O-])ccc1Oc1nc(NN)ncc1C. The number of benzene rings is 1. The Hall–Kier alpha value is -2.94. The van der Waals surface area contributed by atoms with E-state index in [1.54, 1.807) is 6.92 Å². The summed E-state index contributed by atoms with van der Waals surface area (Å²) in [4.78, 5) is 18.2. The summed E-state index contributed by atoms with van der Waals surface area (Å²) in [5, 5.41) is 10.7. The molecule has 3 N–H and O–H groups in total. The Balaban J connectivity index is 2.37. The molecule has 0 saturated carbocycles. The molecule has 2 rings (SSSR count). The molecule has 0 fully saturated rings. The Morgan fingerprint density at radius 1 is 1.38 bits per heavy atom. The highest BCUT2D eigenvalue weighted by atomic mass is 16.6. The molecule has 0 spiro atoms. The lowest BCUT2D eigenvalue weighted by Crippen LogP contribution is -2.11. The van der Waals surface area contributed by atoms with Crippen LogP contribution in [-0.4, -0.2) is 22.0 Å². The van der Waals surface area contributed by atoms with Crippen molar-refractivity contribution in [1.29, 1.82) is 0 Å². The number of rotatable bonds is 5. The van der Waals surface area contributed by atoms with Crippen molar-refractivity contribution in [1.82, 2.24) is 9.97 Å². The molecule has 2 aromatic rings. The standard InChI is InChI=1S/C12H13N5O4/c1-7-6-14-12(16-13)15-11(7)21-9-4-3-8(17(18)19)5-10(9)20-2/h3-6H,13H2,1-2H3,(H,14,15,16). The van der Waals surface area contributed by atoms with Gasteiger partial charge in [-0.3, -0.25) is 15.5 Å². The van der Waals surface area contributed by atoms with Crippen LogP contribution in [0.2, 0.25) is 0 Å². The molecule has 0 unspecified atom stereocenters. The van der Waals surface area contributed by atoms with Crippen molar-refractivity contribution in [2.24, 2.45) is 5.84 Å². The third-order valence-electron chi connectivity index (χ3n) is 2.62. The van der Waals surface area contributed by atoms with Gasteiger partial charge in [0, 0.05) is 17.8 Å². The number of hydrazine groups is 1. The van der Waals surface area contributed by atoms with Crippen molar-refractivity contribution < 1.29 is 14.4 Å². The van der Waals surface area contributed by atoms with Crippen LogP contribution in [0.1, 0.15) is 5.56 Å². The fourth-order valence-corrected chi connectivity index (χ4v) is 1.56. The number of hydrogen-bond donors (Lipinski definition) is 2. The maximum Gasteiger partial charge on any atom is 0.273 e. The van der Waals surface area contributed by atoms with Crippen LogP contribution in [0.3, 0.4) is 0 Å². The first-order valence-corrected chi connectivity index (χ1v) is 5.85. The molecule has 21 heavy (non-hydrogen) atoms. The van der Waals surface area contributed by atoms with Crippen LogP contribution in [0.4, 0.5) is 11.6 Å². The summed E-state index contributed by atoms with van der Waals surface area (Å²) in [7, 11) is 1.39. The lowest BCUT2D eigenvalue weighted by Gasteiger charge is -2.11. The largest absolute Gasteiger partial charge is 0.493 e. The summed E-state index contributed by atoms with van der Waals surface area (Å²) in [5.74, 6) is 6.23. The average molecular weight is 291 g/mol. The van der Waals surface area contributed by atoms with Crippen LogP contribution in [0, 0.1) is 17.0 Å². The van der Waals surface area contributed by atoms with E-state index in [9.17, 15) is 10.1 Å². The number of nitrogens with one attached hydrogen (secondary N) is 1. The first-order valence-electron chi connectivity index (χ1n) is 5.85. The summed E-state index contributed by atoms with van der Waals surface area (Å²) in [6, 6.07) is 4.03. The van der Waals surface area contributed by atoms with Gasteiger partial charge in [-0.2, -0.15) is 4.98 Å². The summed E-state index contributed by atoms with van der Waals surface area (Å²) in [5.41, 5.74) is 2.89. The van der Waals surface area contributed by atoms with Gasteiger partial charge in [-0.15, -0.1) is 0 Å². The minimum Gasteiger partial charge on any atom is -0.493 e. The minimum atomic E-state index is -0.515. The lowest BCUT2D eigenvalue weighted by molar-refractivity contribution is -0.384. The topological polar surface area (TPSA) is 125 Å². The summed E-state index contributed by atoms with van der Waals surface area (Å²) in [6.07, 6.45) is 1.54. The van der Waals surface area contributed by atoms with E-state index in [1.807, 2.05) is 0 Å². The number of methoxy groups -OCH3 is 1. The molecule has 0 amide bonds. The van der Waals surface area contributed by atoms with Crippen molar-refractivity contribution in [2.75, 3.05) is 12.5 Å². The van der Waals surface area contributed by atoms with Gasteiger partial charge in [0.1, 0.15) is 0 Å². The maximum absolute atomic E-state index is 10.7. The van der Waals surface area contributed by atoms with Gasteiger partial charge in [-0.05, 0) is 13.0 Å². The maximum atomic E-state index is 10.7. The van der Waals surface area contributed by atoms with Crippen LogP contribution in [0.15, 0.2) is 24.4 Å². The predicted molar refractivity (Wildman–Crippen MR) is 74.3 cm³/mol. The van der Waals surface area contributed by atoms with Crippen LogP contribution < -0.4 is 20.7 Å². The third kappa shape index (κ3) is 3.15. The summed E-state index contributed by atoms with van der Waals surface area (Å²) in [6.45, 7) is 1.76. The van der Waals surface area contributed by atoms with E-state index in [0.717, 1.165) is 0 Å². The quantitative estimate of drug-likeness (QED) is 0.485. The Morgan fingerprint density at radius 2 is 2.14 bits per heavy atom. The zero-order valence-electron chi connectivity index (χ0n) is 11.4. The molecular weight excluding hydrogens is 278 g/mol. The minimum absolute atomic E-state index is 0.0945. The van der Waals surface area contributed by atoms with Crippen LogP contribution in [0.25, 0.3) is 0 Å². The molecule has 0 aliphatic rings. The number of nitro groups is 1. The normalized spacial score (nSPS) is 10.0. The number of anilines is 1. The number of aryl methyl sites for hydroxylation is 1.